The maximum Gasteiger partial charge on any atom is 0.243 e. The molecular formula is C23H25ClFN3O4S. The number of sulfonamides is 1. The molecule has 0 saturated carbocycles. The first-order chi connectivity index (χ1) is 15.6. The Morgan fingerprint density at radius 1 is 1.18 bits per heavy atom. The van der Waals surface area contributed by atoms with Crippen LogP contribution in [0.15, 0.2) is 41.3 Å². The predicted octanol–water partition coefficient (Wildman–Crippen LogP) is 3.82. The molecule has 0 aromatic heterocycles. The highest BCUT2D eigenvalue weighted by Crippen LogP contribution is 2.35. The number of rotatable bonds is 4. The summed E-state index contributed by atoms with van der Waals surface area (Å²) in [6.45, 7) is 3.73. The van der Waals surface area contributed by atoms with Crippen LogP contribution in [-0.4, -0.2) is 43.7 Å². The van der Waals surface area contributed by atoms with Gasteiger partial charge in [0, 0.05) is 36.8 Å². The van der Waals surface area contributed by atoms with E-state index < -0.39 is 27.7 Å². The molecule has 7 nitrogen and oxygen atoms in total. The SMILES string of the molecule is CC(=O)N1c2ccc(S(=O)(=O)N3CCC[C@H](C(=O)Nc4ccc(Cl)cc4F)C3)cc2C[C@H]1C. The molecule has 0 bridgehead atoms. The van der Waals surface area contributed by atoms with Gasteiger partial charge in [-0.15, -0.1) is 0 Å². The lowest BCUT2D eigenvalue weighted by Crippen LogP contribution is -2.43. The summed E-state index contributed by atoms with van der Waals surface area (Å²) >= 11 is 5.75. The van der Waals surface area contributed by atoms with Crippen molar-refractivity contribution in [3.05, 3.63) is 52.8 Å². The highest BCUT2D eigenvalue weighted by molar-refractivity contribution is 7.89. The summed E-state index contributed by atoms with van der Waals surface area (Å²) in [5.74, 6) is -1.77. The van der Waals surface area contributed by atoms with Crippen molar-refractivity contribution >= 4 is 44.8 Å². The van der Waals surface area contributed by atoms with Gasteiger partial charge in [0.1, 0.15) is 5.82 Å². The second-order valence-corrected chi connectivity index (χ2v) is 10.9. The Morgan fingerprint density at radius 2 is 1.94 bits per heavy atom. The zero-order valence-electron chi connectivity index (χ0n) is 18.3. The first kappa shape index (κ1) is 23.7. The smallest absolute Gasteiger partial charge is 0.243 e. The Bertz CT molecular complexity index is 1220. The van der Waals surface area contributed by atoms with Crippen LogP contribution in [0.5, 0.6) is 0 Å². The fourth-order valence-corrected chi connectivity index (χ4v) is 6.33. The molecule has 2 aromatic rings. The molecular weight excluding hydrogens is 469 g/mol. The number of anilines is 2. The molecule has 33 heavy (non-hydrogen) atoms. The van der Waals surface area contributed by atoms with Crippen LogP contribution in [0.1, 0.15) is 32.3 Å². The zero-order valence-corrected chi connectivity index (χ0v) is 19.9. The summed E-state index contributed by atoms with van der Waals surface area (Å²) in [6, 6.07) is 8.72. The van der Waals surface area contributed by atoms with E-state index >= 15 is 0 Å². The van der Waals surface area contributed by atoms with Crippen molar-refractivity contribution in [2.45, 2.75) is 44.0 Å². The topological polar surface area (TPSA) is 86.8 Å². The van der Waals surface area contributed by atoms with Crippen LogP contribution in [0, 0.1) is 11.7 Å². The van der Waals surface area contributed by atoms with Crippen molar-refractivity contribution in [1.82, 2.24) is 4.31 Å². The lowest BCUT2D eigenvalue weighted by Gasteiger charge is -2.31. The number of benzene rings is 2. The average Bonchev–Trinajstić information content (AvgIpc) is 3.10. The number of fused-ring (bicyclic) bond motifs is 1. The monoisotopic (exact) mass is 493 g/mol. The van der Waals surface area contributed by atoms with Gasteiger partial charge in [0.15, 0.2) is 0 Å². The molecule has 1 fully saturated rings. The number of piperidine rings is 1. The fourth-order valence-electron chi connectivity index (χ4n) is 4.60. The summed E-state index contributed by atoms with van der Waals surface area (Å²) in [4.78, 5) is 26.5. The van der Waals surface area contributed by atoms with E-state index in [4.69, 9.17) is 11.6 Å². The van der Waals surface area contributed by atoms with Gasteiger partial charge in [-0.05, 0) is 68.1 Å². The molecule has 10 heteroatoms. The lowest BCUT2D eigenvalue weighted by atomic mass is 9.98. The average molecular weight is 494 g/mol. The van der Waals surface area contributed by atoms with Crippen LogP contribution in [0.2, 0.25) is 5.02 Å². The molecule has 2 aliphatic rings. The first-order valence-corrected chi connectivity index (χ1v) is 12.6. The first-order valence-electron chi connectivity index (χ1n) is 10.8. The summed E-state index contributed by atoms with van der Waals surface area (Å²) in [7, 11) is -3.83. The number of nitrogens with zero attached hydrogens (tertiary/aromatic N) is 2. The lowest BCUT2D eigenvalue weighted by molar-refractivity contribution is -0.121. The van der Waals surface area contributed by atoms with Crippen LogP contribution >= 0.6 is 11.6 Å². The van der Waals surface area contributed by atoms with Gasteiger partial charge in [-0.25, -0.2) is 12.8 Å². The van der Waals surface area contributed by atoms with Crippen LogP contribution in [0.3, 0.4) is 0 Å². The van der Waals surface area contributed by atoms with Gasteiger partial charge in [0.25, 0.3) is 0 Å². The van der Waals surface area contributed by atoms with E-state index in [-0.39, 0.29) is 34.1 Å². The number of nitrogens with one attached hydrogen (secondary N) is 1. The molecule has 2 aromatic carbocycles. The van der Waals surface area contributed by atoms with Gasteiger partial charge in [0.05, 0.1) is 16.5 Å². The van der Waals surface area contributed by atoms with Gasteiger partial charge >= 0.3 is 0 Å². The second kappa shape index (κ2) is 9.04. The van der Waals surface area contributed by atoms with Gasteiger partial charge in [-0.2, -0.15) is 4.31 Å². The van der Waals surface area contributed by atoms with Gasteiger partial charge in [-0.3, -0.25) is 9.59 Å². The van der Waals surface area contributed by atoms with E-state index in [9.17, 15) is 22.4 Å². The predicted molar refractivity (Wildman–Crippen MR) is 124 cm³/mol. The van der Waals surface area contributed by atoms with E-state index in [1.165, 1.54) is 29.4 Å². The molecule has 0 aliphatic carbocycles. The van der Waals surface area contributed by atoms with Crippen LogP contribution in [0.25, 0.3) is 0 Å². The quantitative estimate of drug-likeness (QED) is 0.701. The Kier molecular flexibility index (Phi) is 6.48. The Hall–Kier alpha value is -2.49. The molecule has 0 radical (unpaired) electrons. The van der Waals surface area contributed by atoms with Crippen molar-refractivity contribution in [1.29, 1.82) is 0 Å². The summed E-state index contributed by atoms with van der Waals surface area (Å²) in [5.41, 5.74) is 1.55. The van der Waals surface area contributed by atoms with Crippen molar-refractivity contribution in [3.63, 3.8) is 0 Å². The van der Waals surface area contributed by atoms with E-state index in [0.29, 0.717) is 25.8 Å². The van der Waals surface area contributed by atoms with Gasteiger partial charge in [0.2, 0.25) is 21.8 Å². The van der Waals surface area contributed by atoms with Crippen molar-refractivity contribution in [2.75, 3.05) is 23.3 Å². The molecule has 2 amide bonds. The molecule has 1 saturated heterocycles. The molecule has 2 atom stereocenters. The number of carbonyl (C=O) groups excluding carboxylic acids is 2. The zero-order chi connectivity index (χ0) is 23.9. The summed E-state index contributed by atoms with van der Waals surface area (Å²) in [6.07, 6.45) is 1.60. The number of carbonyl (C=O) groups is 2. The number of halogens is 2. The molecule has 0 unspecified atom stereocenters. The highest BCUT2D eigenvalue weighted by Gasteiger charge is 2.35. The second-order valence-electron chi connectivity index (χ2n) is 8.55. The third-order valence-electron chi connectivity index (χ3n) is 6.19. The Morgan fingerprint density at radius 3 is 2.64 bits per heavy atom. The molecule has 1 N–H and O–H groups in total. The van der Waals surface area contributed by atoms with Crippen LogP contribution in [-0.2, 0) is 26.0 Å². The minimum Gasteiger partial charge on any atom is -0.323 e. The summed E-state index contributed by atoms with van der Waals surface area (Å²) in [5, 5.41) is 2.76. The fraction of sp³-hybridized carbons (Fsp3) is 0.391. The number of hydrogen-bond acceptors (Lipinski definition) is 4. The standard InChI is InChI=1S/C23H25ClFN3O4S/c1-14-10-17-11-19(6-8-22(17)28(14)15(2)29)33(31,32)27-9-3-4-16(13-27)23(30)26-21-7-5-18(24)12-20(21)25/h5-8,11-12,14,16H,3-4,9-10,13H2,1-2H3,(H,26,30)/t14-,16+/m1/s1. The maximum absolute atomic E-state index is 14.0. The van der Waals surface area contributed by atoms with Crippen LogP contribution < -0.4 is 10.2 Å². The van der Waals surface area contributed by atoms with Crippen molar-refractivity contribution < 1.29 is 22.4 Å². The van der Waals surface area contributed by atoms with Crippen LogP contribution in [0.4, 0.5) is 15.8 Å². The third kappa shape index (κ3) is 4.62. The third-order valence-corrected chi connectivity index (χ3v) is 8.28. The van der Waals surface area contributed by atoms with Gasteiger partial charge in [-0.1, -0.05) is 11.6 Å². The molecule has 2 heterocycles. The number of hydrogen-bond donors (Lipinski definition) is 1. The molecule has 176 valence electrons. The Labute approximate surface area is 197 Å². The minimum absolute atomic E-state index is 0.00662. The van der Waals surface area contributed by atoms with E-state index in [1.54, 1.807) is 17.0 Å². The van der Waals surface area contributed by atoms with E-state index in [2.05, 4.69) is 5.32 Å². The molecule has 2 aliphatic heterocycles. The Balaban J connectivity index is 1.51. The number of amides is 2. The molecule has 4 rings (SSSR count). The summed E-state index contributed by atoms with van der Waals surface area (Å²) < 4.78 is 42.0. The highest BCUT2D eigenvalue weighted by atomic mass is 35.5. The minimum atomic E-state index is -3.83. The van der Waals surface area contributed by atoms with Crippen molar-refractivity contribution in [3.8, 4) is 0 Å². The molecule has 0 spiro atoms. The van der Waals surface area contributed by atoms with E-state index in [1.807, 2.05) is 6.92 Å². The van der Waals surface area contributed by atoms with E-state index in [0.717, 1.165) is 17.3 Å². The maximum atomic E-state index is 14.0. The largest absolute Gasteiger partial charge is 0.323 e. The normalized spacial score (nSPS) is 21.0. The van der Waals surface area contributed by atoms with Crippen molar-refractivity contribution in [2.24, 2.45) is 5.92 Å². The van der Waals surface area contributed by atoms with Gasteiger partial charge < -0.3 is 10.2 Å².